The lowest BCUT2D eigenvalue weighted by Crippen LogP contribution is -2.40. The summed E-state index contributed by atoms with van der Waals surface area (Å²) in [7, 11) is -4.26. The van der Waals surface area contributed by atoms with Gasteiger partial charge in [0.1, 0.15) is 18.2 Å². The Balaban J connectivity index is 1.54. The summed E-state index contributed by atoms with van der Waals surface area (Å²) in [5.74, 6) is -0.629. The first-order chi connectivity index (χ1) is 23.5. The largest absolute Gasteiger partial charge is 0.481 e. The molecule has 4 heterocycles. The number of hydrogen-bond acceptors (Lipinski definition) is 8. The van der Waals surface area contributed by atoms with E-state index in [0.29, 0.717) is 30.2 Å². The van der Waals surface area contributed by atoms with Gasteiger partial charge in [0.05, 0.1) is 22.2 Å². The van der Waals surface area contributed by atoms with Crippen LogP contribution >= 0.6 is 0 Å². The first-order valence-electron chi connectivity index (χ1n) is 16.3. The van der Waals surface area contributed by atoms with Gasteiger partial charge in [-0.3, -0.25) is 9.52 Å². The number of aryl methyl sites for hydroxylation is 1. The van der Waals surface area contributed by atoms with Crippen LogP contribution in [0.1, 0.15) is 58.9 Å². The van der Waals surface area contributed by atoms with Crippen LogP contribution in [-0.2, 0) is 21.2 Å². The third-order valence-corrected chi connectivity index (χ3v) is 9.90. The van der Waals surface area contributed by atoms with Crippen molar-refractivity contribution in [2.45, 2.75) is 71.0 Å². The zero-order chi connectivity index (χ0) is 36.3. The second-order valence-corrected chi connectivity index (χ2v) is 15.3. The van der Waals surface area contributed by atoms with Crippen LogP contribution in [0.5, 0.6) is 5.88 Å². The number of carboxylic acids is 1. The van der Waals surface area contributed by atoms with Crippen molar-refractivity contribution in [3.63, 3.8) is 0 Å². The van der Waals surface area contributed by atoms with E-state index in [1.165, 1.54) is 22.9 Å². The summed E-state index contributed by atoms with van der Waals surface area (Å²) in [6.45, 7) is 5.33. The van der Waals surface area contributed by atoms with Crippen molar-refractivity contribution >= 4 is 27.6 Å². The average Bonchev–Trinajstić information content (AvgIpc) is 3.53. The molecule has 0 saturated carbocycles. The smallest absolute Gasteiger partial charge is 0.397 e. The number of anilines is 2. The van der Waals surface area contributed by atoms with E-state index in [-0.39, 0.29) is 23.3 Å². The number of benzene rings is 1. The van der Waals surface area contributed by atoms with Gasteiger partial charge in [0.15, 0.2) is 5.03 Å². The Morgan fingerprint density at radius 1 is 0.940 bits per heavy atom. The van der Waals surface area contributed by atoms with Crippen LogP contribution in [0, 0.1) is 10.8 Å². The minimum Gasteiger partial charge on any atom is -0.481 e. The molecule has 0 radical (unpaired) electrons. The topological polar surface area (TPSA) is 140 Å². The zero-order valence-corrected chi connectivity index (χ0v) is 29.2. The lowest BCUT2D eigenvalue weighted by molar-refractivity contribution is -0.219. The van der Waals surface area contributed by atoms with Gasteiger partial charge in [0.2, 0.25) is 5.88 Å². The van der Waals surface area contributed by atoms with Gasteiger partial charge in [0.25, 0.3) is 10.0 Å². The molecule has 3 aromatic heterocycles. The highest BCUT2D eigenvalue weighted by Crippen LogP contribution is 2.38. The summed E-state index contributed by atoms with van der Waals surface area (Å²) in [5, 5.41) is 13.9. The minimum atomic E-state index is -4.47. The van der Waals surface area contributed by atoms with Gasteiger partial charge in [0, 0.05) is 30.9 Å². The number of fused-ring (bicyclic) bond motifs is 6. The molecular weight excluding hydrogens is 673 g/mol. The number of hydrogen-bond donors (Lipinski definition) is 2. The summed E-state index contributed by atoms with van der Waals surface area (Å²) >= 11 is 0. The maximum absolute atomic E-state index is 13.7. The van der Waals surface area contributed by atoms with Crippen molar-refractivity contribution in [3.8, 4) is 22.8 Å². The van der Waals surface area contributed by atoms with Crippen LogP contribution in [0.2, 0.25) is 0 Å². The van der Waals surface area contributed by atoms with Crippen molar-refractivity contribution in [3.05, 3.63) is 72.4 Å². The van der Waals surface area contributed by atoms with Crippen LogP contribution < -0.4 is 14.4 Å². The maximum atomic E-state index is 13.7. The number of aromatic nitrogens is 4. The summed E-state index contributed by atoms with van der Waals surface area (Å²) in [6, 6.07) is 16.8. The van der Waals surface area contributed by atoms with Gasteiger partial charge in [-0.2, -0.15) is 21.6 Å². The van der Waals surface area contributed by atoms with Crippen molar-refractivity contribution in [2.75, 3.05) is 29.3 Å². The molecule has 50 heavy (non-hydrogen) atoms. The molecule has 0 aliphatic carbocycles. The lowest BCUT2D eigenvalue weighted by Gasteiger charge is -2.31. The molecule has 5 rings (SSSR count). The average molecular weight is 715 g/mol. The Labute approximate surface area is 289 Å². The quantitative estimate of drug-likeness (QED) is 0.205. The number of nitrogens with one attached hydrogen (secondary N) is 1. The van der Waals surface area contributed by atoms with Crippen LogP contribution in [0.15, 0.2) is 71.9 Å². The number of halogens is 3. The Hall–Kier alpha value is -4.66. The van der Waals surface area contributed by atoms with Gasteiger partial charge in [-0.25, -0.2) is 14.6 Å². The molecule has 15 heteroatoms. The Morgan fingerprint density at radius 2 is 1.68 bits per heavy atom. The predicted octanol–water partition coefficient (Wildman–Crippen LogP) is 7.13. The van der Waals surface area contributed by atoms with Crippen molar-refractivity contribution < 1.29 is 36.2 Å². The molecule has 1 aliphatic rings. The van der Waals surface area contributed by atoms with Crippen LogP contribution in [-0.4, -0.2) is 65.1 Å². The van der Waals surface area contributed by atoms with Crippen LogP contribution in [0.4, 0.5) is 24.8 Å². The zero-order valence-electron chi connectivity index (χ0n) is 28.4. The molecule has 0 spiro atoms. The fourth-order valence-corrected chi connectivity index (χ4v) is 6.39. The highest BCUT2D eigenvalue weighted by Gasteiger charge is 2.48. The third kappa shape index (κ3) is 8.37. The molecule has 0 amide bonds. The first kappa shape index (κ1) is 36.6. The molecule has 0 unspecified atom stereocenters. The van der Waals surface area contributed by atoms with Gasteiger partial charge >= 0.3 is 12.1 Å². The highest BCUT2D eigenvalue weighted by molar-refractivity contribution is 7.92. The second kappa shape index (κ2) is 14.3. The predicted molar refractivity (Wildman–Crippen MR) is 183 cm³/mol. The minimum absolute atomic E-state index is 0.00879. The van der Waals surface area contributed by atoms with E-state index >= 15 is 0 Å². The molecular formula is C35H41F3N6O5S. The van der Waals surface area contributed by atoms with Crippen LogP contribution in [0.3, 0.4) is 0 Å². The normalized spacial score (nSPS) is 15.8. The number of nitrogens with zero attached hydrogens (tertiary/aromatic N) is 5. The third-order valence-electron chi connectivity index (χ3n) is 8.64. The fourth-order valence-electron chi connectivity index (χ4n) is 5.43. The van der Waals surface area contributed by atoms with E-state index in [4.69, 9.17) is 9.72 Å². The highest BCUT2D eigenvalue weighted by atomic mass is 32.2. The molecule has 0 fully saturated rings. The number of carbonyl (C=O) groups is 1. The van der Waals surface area contributed by atoms with E-state index in [2.05, 4.69) is 14.8 Å². The van der Waals surface area contributed by atoms with E-state index < -0.39 is 39.6 Å². The number of pyridine rings is 2. The molecule has 11 nitrogen and oxygen atoms in total. The number of ether oxygens (including phenoxy) is 1. The maximum Gasteiger partial charge on any atom is 0.397 e. The fraction of sp³-hybridized carbons (Fsp3) is 0.429. The lowest BCUT2D eigenvalue weighted by atomic mass is 9.93. The molecule has 268 valence electrons. The van der Waals surface area contributed by atoms with Gasteiger partial charge in [-0.1, -0.05) is 43.2 Å². The molecule has 4 bridgehead atoms. The molecule has 2 N–H and O–H groups in total. The number of alkyl halides is 3. The molecule has 0 atom stereocenters. The van der Waals surface area contributed by atoms with Crippen LogP contribution in [0.25, 0.3) is 16.9 Å². The number of carboxylic acid groups (broad SMARTS) is 1. The van der Waals surface area contributed by atoms with E-state index in [1.54, 1.807) is 38.2 Å². The number of sulfonamides is 1. The van der Waals surface area contributed by atoms with E-state index in [0.717, 1.165) is 50.7 Å². The molecule has 1 aromatic carbocycles. The SMILES string of the molecule is CC(C)(CN1CCCCCCc2ccccc2-c2nc(ccc2-n2ccc(OCC(C)(C)C(F)(F)F)n2)NS(=O)(=O)c2cccc1n2)C(=O)O. The second-order valence-electron chi connectivity index (χ2n) is 13.7. The Kier molecular flexibility index (Phi) is 10.5. The van der Waals surface area contributed by atoms with E-state index in [9.17, 15) is 31.5 Å². The number of rotatable bonds is 7. The van der Waals surface area contributed by atoms with Gasteiger partial charge in [-0.15, -0.1) is 5.10 Å². The van der Waals surface area contributed by atoms with Gasteiger partial charge in [-0.05, 0) is 76.8 Å². The van der Waals surface area contributed by atoms with Crippen molar-refractivity contribution in [2.24, 2.45) is 10.8 Å². The summed E-state index contributed by atoms with van der Waals surface area (Å²) in [4.78, 5) is 23.0. The van der Waals surface area contributed by atoms with Crippen molar-refractivity contribution in [1.82, 2.24) is 19.7 Å². The van der Waals surface area contributed by atoms with Gasteiger partial charge < -0.3 is 14.7 Å². The molecule has 0 saturated heterocycles. The van der Waals surface area contributed by atoms with Crippen molar-refractivity contribution in [1.29, 1.82) is 0 Å². The molecule has 1 aliphatic heterocycles. The first-order valence-corrected chi connectivity index (χ1v) is 17.8. The monoisotopic (exact) mass is 714 g/mol. The summed E-state index contributed by atoms with van der Waals surface area (Å²) in [6.07, 6.45) is 1.11. The Morgan fingerprint density at radius 3 is 2.42 bits per heavy atom. The van der Waals surface area contributed by atoms with E-state index in [1.807, 2.05) is 29.2 Å². The standard InChI is InChI=1S/C35H41F3N6O5S/c1-33(2,32(45)46)22-43-20-10-6-5-7-12-24-13-8-9-14-25(24)31-26(44-21-19-29(41-44)49-23-34(3,4)35(36,37)38)17-18-27(39-31)42-50(47,48)30-16-11-15-28(43)40-30/h8-9,11,13-19,21H,5-7,10,12,20,22-23H2,1-4H3,(H,39,42)(H,45,46). The summed E-state index contributed by atoms with van der Waals surface area (Å²) < 4.78 is 77.1. The summed E-state index contributed by atoms with van der Waals surface area (Å²) in [5.41, 5.74) is -0.632. The molecule has 4 aromatic rings. The number of aliphatic carboxylic acids is 1. The Bertz CT molecular complexity index is 1940.